The van der Waals surface area contributed by atoms with Crippen molar-refractivity contribution in [3.05, 3.63) is 71.6 Å². The molecule has 2 heterocycles. The van der Waals surface area contributed by atoms with Gasteiger partial charge in [-0.3, -0.25) is 0 Å². The molecule has 0 aliphatic carbocycles. The van der Waals surface area contributed by atoms with Crippen LogP contribution in [0.15, 0.2) is 70.4 Å². The molecule has 0 atom stereocenters. The third-order valence-corrected chi connectivity index (χ3v) is 5.16. The molecule has 0 unspecified atom stereocenters. The van der Waals surface area contributed by atoms with Crippen molar-refractivity contribution in [1.29, 1.82) is 0 Å². The van der Waals surface area contributed by atoms with Gasteiger partial charge in [0.1, 0.15) is 6.26 Å². The minimum Gasteiger partial charge on any atom is -0.444 e. The molecule has 2 aromatic carbocycles. The maximum absolute atomic E-state index is 5.95. The number of aromatic nitrogens is 4. The highest BCUT2D eigenvalue weighted by Gasteiger charge is 2.13. The van der Waals surface area contributed by atoms with Crippen molar-refractivity contribution in [2.45, 2.75) is 10.9 Å². The minimum absolute atomic E-state index is 0.626. The van der Waals surface area contributed by atoms with Crippen molar-refractivity contribution in [2.75, 3.05) is 0 Å². The molecule has 0 saturated carbocycles. The topological polar surface area (TPSA) is 56.7 Å². The lowest BCUT2D eigenvalue weighted by Crippen LogP contribution is -1.95. The molecule has 2 aromatic heterocycles. The third kappa shape index (κ3) is 3.52. The first-order valence-corrected chi connectivity index (χ1v) is 9.35. The Labute approximate surface area is 160 Å². The average Bonchev–Trinajstić information content (AvgIpc) is 3.29. The van der Waals surface area contributed by atoms with Crippen molar-refractivity contribution in [3.8, 4) is 22.8 Å². The summed E-state index contributed by atoms with van der Waals surface area (Å²) in [5.74, 6) is 2.08. The molecular weight excluding hydrogens is 368 g/mol. The first-order valence-electron chi connectivity index (χ1n) is 7.98. The molecule has 0 bridgehead atoms. The highest BCUT2D eigenvalue weighted by Crippen LogP contribution is 2.27. The Bertz CT molecular complexity index is 1010. The number of thioether (sulfide) groups is 1. The van der Waals surface area contributed by atoms with Crippen molar-refractivity contribution >= 4 is 23.4 Å². The van der Waals surface area contributed by atoms with Gasteiger partial charge in [-0.25, -0.2) is 4.98 Å². The van der Waals surface area contributed by atoms with Crippen molar-refractivity contribution in [3.63, 3.8) is 0 Å². The van der Waals surface area contributed by atoms with Gasteiger partial charge in [-0.1, -0.05) is 41.6 Å². The van der Waals surface area contributed by atoms with E-state index in [0.717, 1.165) is 27.8 Å². The van der Waals surface area contributed by atoms with E-state index in [1.165, 1.54) is 0 Å². The second kappa shape index (κ2) is 7.35. The van der Waals surface area contributed by atoms with Gasteiger partial charge >= 0.3 is 0 Å². The number of rotatable bonds is 5. The van der Waals surface area contributed by atoms with Crippen LogP contribution in [0.5, 0.6) is 0 Å². The monoisotopic (exact) mass is 382 g/mol. The summed E-state index contributed by atoms with van der Waals surface area (Å²) in [6.45, 7) is 0. The average molecular weight is 383 g/mol. The number of benzene rings is 2. The summed E-state index contributed by atoms with van der Waals surface area (Å²) in [7, 11) is 1.95. The standard InChI is InChI=1S/C19H15ClN4OS/c1-24-17(13-7-9-15(20)10-8-13)22-23-19(24)26-12-16-11-25-18(21-16)14-5-3-2-4-6-14/h2-11H,12H2,1H3. The van der Waals surface area contributed by atoms with Crippen molar-refractivity contribution < 1.29 is 4.42 Å². The molecule has 4 rings (SSSR count). The first kappa shape index (κ1) is 16.9. The van der Waals surface area contributed by atoms with Crippen LogP contribution >= 0.6 is 23.4 Å². The maximum Gasteiger partial charge on any atom is 0.226 e. The van der Waals surface area contributed by atoms with Gasteiger partial charge < -0.3 is 8.98 Å². The van der Waals surface area contributed by atoms with Gasteiger partial charge in [0.15, 0.2) is 11.0 Å². The Balaban J connectivity index is 1.47. The quantitative estimate of drug-likeness (QED) is 0.450. The molecule has 5 nitrogen and oxygen atoms in total. The summed E-state index contributed by atoms with van der Waals surface area (Å²) in [4.78, 5) is 4.54. The molecule has 26 heavy (non-hydrogen) atoms. The second-order valence-corrected chi connectivity index (χ2v) is 7.05. The molecule has 7 heteroatoms. The molecule has 0 N–H and O–H groups in total. The van der Waals surface area contributed by atoms with Crippen LogP contribution in [0.2, 0.25) is 5.02 Å². The Hall–Kier alpha value is -2.57. The summed E-state index contributed by atoms with van der Waals surface area (Å²) in [5.41, 5.74) is 2.81. The van der Waals surface area contributed by atoms with Gasteiger partial charge in [-0.05, 0) is 36.4 Å². The number of oxazole rings is 1. The number of nitrogens with zero attached hydrogens (tertiary/aromatic N) is 4. The van der Waals surface area contributed by atoms with Crippen LogP contribution in [-0.2, 0) is 12.8 Å². The van der Waals surface area contributed by atoms with Gasteiger partial charge in [-0.15, -0.1) is 10.2 Å². The van der Waals surface area contributed by atoms with E-state index in [4.69, 9.17) is 16.0 Å². The van der Waals surface area contributed by atoms with Crippen molar-refractivity contribution in [1.82, 2.24) is 19.7 Å². The smallest absolute Gasteiger partial charge is 0.226 e. The first-order chi connectivity index (χ1) is 12.7. The van der Waals surface area contributed by atoms with E-state index < -0.39 is 0 Å². The van der Waals surface area contributed by atoms with E-state index in [0.29, 0.717) is 16.7 Å². The predicted octanol–water partition coefficient (Wildman–Crippen LogP) is 5.08. The van der Waals surface area contributed by atoms with Gasteiger partial charge in [0.05, 0.1) is 5.69 Å². The molecule has 130 valence electrons. The highest BCUT2D eigenvalue weighted by atomic mass is 35.5. The van der Waals surface area contributed by atoms with E-state index in [1.807, 2.05) is 66.2 Å². The van der Waals surface area contributed by atoms with E-state index >= 15 is 0 Å². The summed E-state index contributed by atoms with van der Waals surface area (Å²) in [5, 5.41) is 10.1. The maximum atomic E-state index is 5.95. The van der Waals surface area contributed by atoms with E-state index in [9.17, 15) is 0 Å². The zero-order valence-corrected chi connectivity index (χ0v) is 15.5. The van der Waals surface area contributed by atoms with Gasteiger partial charge in [0.25, 0.3) is 0 Å². The second-order valence-electron chi connectivity index (χ2n) is 5.67. The van der Waals surface area contributed by atoms with Crippen LogP contribution < -0.4 is 0 Å². The lowest BCUT2D eigenvalue weighted by atomic mass is 10.2. The van der Waals surface area contributed by atoms with Crippen LogP contribution in [0, 0.1) is 0 Å². The molecule has 0 aliphatic rings. The predicted molar refractivity (Wildman–Crippen MR) is 103 cm³/mol. The largest absolute Gasteiger partial charge is 0.444 e. The minimum atomic E-state index is 0.626. The van der Waals surface area contributed by atoms with Crippen LogP contribution in [-0.4, -0.2) is 19.7 Å². The number of halogens is 1. The van der Waals surface area contributed by atoms with E-state index in [2.05, 4.69) is 15.2 Å². The third-order valence-electron chi connectivity index (χ3n) is 3.86. The van der Waals surface area contributed by atoms with Crippen LogP contribution in [0.25, 0.3) is 22.8 Å². The fourth-order valence-corrected chi connectivity index (χ4v) is 3.43. The summed E-state index contributed by atoms with van der Waals surface area (Å²) in [6.07, 6.45) is 1.69. The molecule has 0 saturated heterocycles. The molecule has 0 radical (unpaired) electrons. The summed E-state index contributed by atoms with van der Waals surface area (Å²) >= 11 is 7.51. The molecule has 0 fully saturated rings. The molecule has 0 amide bonds. The Kier molecular flexibility index (Phi) is 4.77. The Morgan fingerprint density at radius 1 is 1.00 bits per heavy atom. The van der Waals surface area contributed by atoms with E-state index in [1.54, 1.807) is 18.0 Å². The van der Waals surface area contributed by atoms with Crippen LogP contribution in [0.1, 0.15) is 5.69 Å². The highest BCUT2D eigenvalue weighted by molar-refractivity contribution is 7.98. The van der Waals surface area contributed by atoms with E-state index in [-0.39, 0.29) is 0 Å². The molecule has 0 aliphatic heterocycles. The fraction of sp³-hybridized carbons (Fsp3) is 0.105. The number of hydrogen-bond acceptors (Lipinski definition) is 5. The number of hydrogen-bond donors (Lipinski definition) is 0. The SMILES string of the molecule is Cn1c(SCc2coc(-c3ccccc3)n2)nnc1-c1ccc(Cl)cc1. The Morgan fingerprint density at radius 3 is 2.54 bits per heavy atom. The molecular formula is C19H15ClN4OS. The molecule has 4 aromatic rings. The normalized spacial score (nSPS) is 11.0. The van der Waals surface area contributed by atoms with Gasteiger partial charge in [-0.2, -0.15) is 0 Å². The summed E-state index contributed by atoms with van der Waals surface area (Å²) in [6, 6.07) is 17.4. The lowest BCUT2D eigenvalue weighted by molar-refractivity contribution is 0.573. The zero-order valence-electron chi connectivity index (χ0n) is 14.0. The zero-order chi connectivity index (χ0) is 17.9. The lowest BCUT2D eigenvalue weighted by Gasteiger charge is -2.03. The fourth-order valence-electron chi connectivity index (χ4n) is 2.52. The molecule has 0 spiro atoms. The van der Waals surface area contributed by atoms with Crippen molar-refractivity contribution in [2.24, 2.45) is 7.05 Å². The van der Waals surface area contributed by atoms with Gasteiger partial charge in [0, 0.05) is 29.0 Å². The van der Waals surface area contributed by atoms with Gasteiger partial charge in [0.2, 0.25) is 5.89 Å². The summed E-state index contributed by atoms with van der Waals surface area (Å²) < 4.78 is 7.54. The van der Waals surface area contributed by atoms with Crippen LogP contribution in [0.3, 0.4) is 0 Å². The Morgan fingerprint density at radius 2 is 1.77 bits per heavy atom. The van der Waals surface area contributed by atoms with Crippen LogP contribution in [0.4, 0.5) is 0 Å².